The summed E-state index contributed by atoms with van der Waals surface area (Å²) in [6, 6.07) is 23.6. The van der Waals surface area contributed by atoms with E-state index in [1.165, 1.54) is 6.07 Å². The fourth-order valence-electron chi connectivity index (χ4n) is 5.43. The van der Waals surface area contributed by atoms with Gasteiger partial charge < -0.3 is 10.1 Å². The Balaban J connectivity index is 1.43. The van der Waals surface area contributed by atoms with Gasteiger partial charge in [0.25, 0.3) is 0 Å². The Morgan fingerprint density at radius 2 is 1.74 bits per heavy atom. The Kier molecular flexibility index (Phi) is 6.72. The average Bonchev–Trinajstić information content (AvgIpc) is 3.59. The van der Waals surface area contributed by atoms with Crippen LogP contribution >= 0.6 is 0 Å². The van der Waals surface area contributed by atoms with Crippen molar-refractivity contribution in [3.05, 3.63) is 107 Å². The molecule has 11 heteroatoms. The monoisotopic (exact) mass is 570 g/mol. The molecule has 5 aromatic rings. The standard InChI is InChI=1S/C31H25F3N6O2/c1-30(2)27(19-8-4-3-5-9-19)23-15-20(21-10-6-7-11-22(21)29-37-39-40-38-29)16-24(28(23)42-30)36-26(41)14-18-12-13-25(35-17-18)31(32,33)34/h3-13,15-17,27H,14H2,1-2H3,(H,36,41)(H,37,38,39,40). The van der Waals surface area contributed by atoms with Crippen LogP contribution in [0.5, 0.6) is 5.75 Å². The van der Waals surface area contributed by atoms with Crippen LogP contribution in [0.4, 0.5) is 18.9 Å². The third kappa shape index (κ3) is 5.20. The maximum atomic E-state index is 13.2. The largest absolute Gasteiger partial charge is 0.484 e. The Hall–Kier alpha value is -5.06. The van der Waals surface area contributed by atoms with Crippen LogP contribution in [0.2, 0.25) is 0 Å². The van der Waals surface area contributed by atoms with Crippen molar-refractivity contribution >= 4 is 11.6 Å². The van der Waals surface area contributed by atoms with Crippen molar-refractivity contribution < 1.29 is 22.7 Å². The lowest BCUT2D eigenvalue weighted by atomic mass is 9.80. The third-order valence-electron chi connectivity index (χ3n) is 7.20. The highest BCUT2D eigenvalue weighted by molar-refractivity contribution is 5.96. The van der Waals surface area contributed by atoms with E-state index in [1.807, 2.05) is 74.5 Å². The number of carbonyl (C=O) groups excluding carboxylic acids is 1. The molecule has 0 saturated heterocycles. The van der Waals surface area contributed by atoms with E-state index in [2.05, 4.69) is 37.0 Å². The number of amides is 1. The summed E-state index contributed by atoms with van der Waals surface area (Å²) >= 11 is 0. The van der Waals surface area contributed by atoms with Crippen LogP contribution in [0.25, 0.3) is 22.5 Å². The molecular weight excluding hydrogens is 545 g/mol. The zero-order valence-electron chi connectivity index (χ0n) is 22.6. The predicted molar refractivity (Wildman–Crippen MR) is 150 cm³/mol. The quantitative estimate of drug-likeness (QED) is 0.244. The number of H-pyrrole nitrogens is 1. The Labute approximate surface area is 239 Å². The number of carbonyl (C=O) groups is 1. The Morgan fingerprint density at radius 3 is 2.40 bits per heavy atom. The number of halogens is 3. The van der Waals surface area contributed by atoms with Gasteiger partial charge in [-0.15, -0.1) is 10.2 Å². The van der Waals surface area contributed by atoms with Gasteiger partial charge in [0.15, 0.2) is 0 Å². The molecule has 3 heterocycles. The minimum atomic E-state index is -4.56. The second-order valence-electron chi connectivity index (χ2n) is 10.5. The molecule has 0 spiro atoms. The lowest BCUT2D eigenvalue weighted by Crippen LogP contribution is -2.31. The maximum Gasteiger partial charge on any atom is 0.433 e. The molecule has 0 aliphatic carbocycles. The van der Waals surface area contributed by atoms with Crippen LogP contribution in [0, 0.1) is 0 Å². The number of nitrogens with one attached hydrogen (secondary N) is 2. The fraction of sp³-hybridized carbons (Fsp3) is 0.194. The molecule has 1 aliphatic rings. The summed E-state index contributed by atoms with van der Waals surface area (Å²) in [6.45, 7) is 3.99. The van der Waals surface area contributed by atoms with Crippen molar-refractivity contribution in [1.29, 1.82) is 0 Å². The van der Waals surface area contributed by atoms with Crippen molar-refractivity contribution in [3.8, 4) is 28.3 Å². The molecule has 3 aromatic carbocycles. The number of tetrazole rings is 1. The van der Waals surface area contributed by atoms with E-state index in [-0.39, 0.29) is 12.3 Å². The number of anilines is 1. The molecule has 1 unspecified atom stereocenters. The molecule has 212 valence electrons. The normalized spacial score (nSPS) is 15.6. The summed E-state index contributed by atoms with van der Waals surface area (Å²) in [7, 11) is 0. The molecule has 0 fully saturated rings. The fourth-order valence-corrected chi connectivity index (χ4v) is 5.43. The number of pyridine rings is 1. The second kappa shape index (κ2) is 10.4. The number of rotatable bonds is 6. The second-order valence-corrected chi connectivity index (χ2v) is 10.5. The molecule has 1 aliphatic heterocycles. The minimum absolute atomic E-state index is 0.152. The summed E-state index contributed by atoms with van der Waals surface area (Å²) in [5.41, 5.74) is 3.43. The van der Waals surface area contributed by atoms with E-state index >= 15 is 0 Å². The van der Waals surface area contributed by atoms with E-state index in [0.717, 1.165) is 40.1 Å². The van der Waals surface area contributed by atoms with Gasteiger partial charge in [0, 0.05) is 17.3 Å². The van der Waals surface area contributed by atoms with Gasteiger partial charge >= 0.3 is 6.18 Å². The molecule has 0 radical (unpaired) electrons. The third-order valence-corrected chi connectivity index (χ3v) is 7.20. The van der Waals surface area contributed by atoms with Gasteiger partial charge in [-0.25, -0.2) is 0 Å². The summed E-state index contributed by atoms with van der Waals surface area (Å²) in [5, 5.41) is 17.4. The van der Waals surface area contributed by atoms with E-state index in [1.54, 1.807) is 0 Å². The average molecular weight is 571 g/mol. The topological polar surface area (TPSA) is 106 Å². The predicted octanol–water partition coefficient (Wildman–Crippen LogP) is 6.43. The Morgan fingerprint density at radius 1 is 1.00 bits per heavy atom. The van der Waals surface area contributed by atoms with Crippen LogP contribution in [0.3, 0.4) is 0 Å². The number of hydrogen-bond donors (Lipinski definition) is 2. The lowest BCUT2D eigenvalue weighted by molar-refractivity contribution is -0.141. The number of hydrogen-bond acceptors (Lipinski definition) is 6. The summed E-state index contributed by atoms with van der Waals surface area (Å²) in [4.78, 5) is 16.7. The number of aromatic nitrogens is 5. The van der Waals surface area contributed by atoms with E-state index in [9.17, 15) is 18.0 Å². The maximum absolute atomic E-state index is 13.2. The first kappa shape index (κ1) is 27.1. The first-order chi connectivity index (χ1) is 20.1. The summed E-state index contributed by atoms with van der Waals surface area (Å²) in [6.07, 6.45) is -3.66. The van der Waals surface area contributed by atoms with E-state index in [4.69, 9.17) is 4.74 Å². The first-order valence-electron chi connectivity index (χ1n) is 13.2. The van der Waals surface area contributed by atoms with Crippen molar-refractivity contribution in [1.82, 2.24) is 25.6 Å². The van der Waals surface area contributed by atoms with Crippen LogP contribution in [0.1, 0.15) is 42.1 Å². The zero-order valence-corrected chi connectivity index (χ0v) is 22.6. The number of fused-ring (bicyclic) bond motifs is 1. The van der Waals surface area contributed by atoms with Crippen molar-refractivity contribution in [2.75, 3.05) is 5.32 Å². The van der Waals surface area contributed by atoms with Crippen LogP contribution in [-0.4, -0.2) is 37.1 Å². The van der Waals surface area contributed by atoms with Gasteiger partial charge in [0.05, 0.1) is 18.0 Å². The number of ether oxygens (including phenoxy) is 1. The molecule has 0 bridgehead atoms. The van der Waals surface area contributed by atoms with Gasteiger partial charge in [0.1, 0.15) is 17.0 Å². The van der Waals surface area contributed by atoms with Crippen molar-refractivity contribution in [2.45, 2.75) is 38.0 Å². The van der Waals surface area contributed by atoms with Gasteiger partial charge in [0.2, 0.25) is 11.7 Å². The van der Waals surface area contributed by atoms with Gasteiger partial charge in [-0.1, -0.05) is 60.7 Å². The molecular formula is C31H25F3N6O2. The SMILES string of the molecule is CC1(C)Oc2c(NC(=O)Cc3ccc(C(F)(F)F)nc3)cc(-c3ccccc3-c3nn[nH]n3)cc2C1c1ccccc1. The first-order valence-corrected chi connectivity index (χ1v) is 13.2. The lowest BCUT2D eigenvalue weighted by Gasteiger charge is -2.26. The van der Waals surface area contributed by atoms with Crippen LogP contribution in [-0.2, 0) is 17.4 Å². The Bertz CT molecular complexity index is 1740. The van der Waals surface area contributed by atoms with Crippen molar-refractivity contribution in [2.24, 2.45) is 0 Å². The van der Waals surface area contributed by atoms with Gasteiger partial charge in [-0.3, -0.25) is 9.78 Å². The molecule has 42 heavy (non-hydrogen) atoms. The summed E-state index contributed by atoms with van der Waals surface area (Å²) in [5.74, 6) is 0.379. The molecule has 0 saturated carbocycles. The smallest absolute Gasteiger partial charge is 0.433 e. The molecule has 1 amide bonds. The number of aromatic amines is 1. The van der Waals surface area contributed by atoms with Crippen LogP contribution < -0.4 is 10.1 Å². The highest BCUT2D eigenvalue weighted by atomic mass is 19.4. The molecule has 2 aromatic heterocycles. The van der Waals surface area contributed by atoms with Gasteiger partial charge in [-0.2, -0.15) is 18.4 Å². The molecule has 6 rings (SSSR count). The molecule has 1 atom stereocenters. The number of nitrogens with zero attached hydrogens (tertiary/aromatic N) is 4. The molecule has 2 N–H and O–H groups in total. The van der Waals surface area contributed by atoms with E-state index < -0.39 is 23.4 Å². The minimum Gasteiger partial charge on any atom is -0.484 e. The van der Waals surface area contributed by atoms with E-state index in [0.29, 0.717) is 22.8 Å². The highest BCUT2D eigenvalue weighted by Crippen LogP contribution is 2.53. The van der Waals surface area contributed by atoms with Gasteiger partial charge in [-0.05, 0) is 59.5 Å². The molecule has 8 nitrogen and oxygen atoms in total. The van der Waals surface area contributed by atoms with Crippen LogP contribution in [0.15, 0.2) is 85.1 Å². The number of alkyl halides is 3. The van der Waals surface area contributed by atoms with Crippen molar-refractivity contribution in [3.63, 3.8) is 0 Å². The zero-order chi connectivity index (χ0) is 29.5. The summed E-state index contributed by atoms with van der Waals surface area (Å²) < 4.78 is 45.3. The highest BCUT2D eigenvalue weighted by Gasteiger charge is 2.44. The number of benzene rings is 3.